The van der Waals surface area contributed by atoms with Gasteiger partial charge in [-0.2, -0.15) is 5.10 Å². The standard InChI is InChI=1S/C11H17N3O2/c1-8(2)13-6-10(7-13)14-5-9(4-12-14)3-11(15)16/h4-5,8,10H,3,6-7H2,1-2H3,(H,15,16). The van der Waals surface area contributed by atoms with Gasteiger partial charge in [-0.05, 0) is 13.8 Å². The van der Waals surface area contributed by atoms with E-state index in [2.05, 4.69) is 23.8 Å². The minimum atomic E-state index is -0.808. The van der Waals surface area contributed by atoms with Crippen LogP contribution in [0.1, 0.15) is 25.5 Å². The van der Waals surface area contributed by atoms with Gasteiger partial charge in [-0.25, -0.2) is 0 Å². The molecule has 0 aliphatic carbocycles. The largest absolute Gasteiger partial charge is 0.481 e. The van der Waals surface area contributed by atoms with Crippen LogP contribution in [0, 0.1) is 0 Å². The molecule has 0 saturated carbocycles. The topological polar surface area (TPSA) is 58.4 Å². The quantitative estimate of drug-likeness (QED) is 0.819. The van der Waals surface area contributed by atoms with Gasteiger partial charge in [-0.3, -0.25) is 14.4 Å². The molecule has 5 heteroatoms. The van der Waals surface area contributed by atoms with Gasteiger partial charge >= 0.3 is 5.97 Å². The second-order valence-corrected chi connectivity index (χ2v) is 4.60. The molecule has 1 aliphatic heterocycles. The van der Waals surface area contributed by atoms with Crippen LogP contribution < -0.4 is 0 Å². The van der Waals surface area contributed by atoms with Gasteiger partial charge in [0.05, 0.1) is 18.7 Å². The Hall–Kier alpha value is -1.36. The highest BCUT2D eigenvalue weighted by Gasteiger charge is 2.30. The van der Waals surface area contributed by atoms with Crippen LogP contribution in [0.25, 0.3) is 0 Å². The normalized spacial score (nSPS) is 17.7. The lowest BCUT2D eigenvalue weighted by Crippen LogP contribution is -2.50. The summed E-state index contributed by atoms with van der Waals surface area (Å²) in [5.74, 6) is -0.808. The first kappa shape index (κ1) is 11.1. The lowest BCUT2D eigenvalue weighted by atomic mass is 10.1. The van der Waals surface area contributed by atoms with Crippen LogP contribution in [0.4, 0.5) is 0 Å². The summed E-state index contributed by atoms with van der Waals surface area (Å²) in [6.07, 6.45) is 3.54. The Bertz CT molecular complexity index is 380. The van der Waals surface area contributed by atoms with Crippen LogP contribution >= 0.6 is 0 Å². The molecule has 0 spiro atoms. The van der Waals surface area contributed by atoms with E-state index in [0.29, 0.717) is 12.1 Å². The van der Waals surface area contributed by atoms with Gasteiger partial charge < -0.3 is 5.11 Å². The number of rotatable bonds is 4. The lowest BCUT2D eigenvalue weighted by Gasteiger charge is -2.41. The maximum absolute atomic E-state index is 10.5. The summed E-state index contributed by atoms with van der Waals surface area (Å²) in [5.41, 5.74) is 0.774. The first-order valence-electron chi connectivity index (χ1n) is 5.55. The fraction of sp³-hybridized carbons (Fsp3) is 0.636. The molecule has 0 atom stereocenters. The van der Waals surface area contributed by atoms with E-state index in [9.17, 15) is 4.79 Å². The molecule has 1 aromatic rings. The van der Waals surface area contributed by atoms with Crippen LogP contribution in [0.5, 0.6) is 0 Å². The average molecular weight is 223 g/mol. The molecule has 2 heterocycles. The molecular weight excluding hydrogens is 206 g/mol. The predicted octanol–water partition coefficient (Wildman–Crippen LogP) is 0.775. The smallest absolute Gasteiger partial charge is 0.307 e. The Kier molecular flexibility index (Phi) is 2.96. The summed E-state index contributed by atoms with van der Waals surface area (Å²) >= 11 is 0. The number of likely N-dealkylation sites (tertiary alicyclic amines) is 1. The van der Waals surface area contributed by atoms with Crippen molar-refractivity contribution in [3.63, 3.8) is 0 Å². The molecule has 0 aromatic carbocycles. The molecule has 2 rings (SSSR count). The van der Waals surface area contributed by atoms with Crippen molar-refractivity contribution in [2.45, 2.75) is 32.4 Å². The fourth-order valence-electron chi connectivity index (χ4n) is 1.92. The summed E-state index contributed by atoms with van der Waals surface area (Å²) in [6, 6.07) is 0.982. The van der Waals surface area contributed by atoms with E-state index in [1.807, 2.05) is 10.9 Å². The van der Waals surface area contributed by atoms with Gasteiger partial charge in [0, 0.05) is 30.9 Å². The summed E-state index contributed by atoms with van der Waals surface area (Å²) in [7, 11) is 0. The molecule has 88 valence electrons. The number of aliphatic carboxylic acids is 1. The Morgan fingerprint density at radius 3 is 2.88 bits per heavy atom. The van der Waals surface area contributed by atoms with Crippen molar-refractivity contribution in [3.05, 3.63) is 18.0 Å². The number of hydrogen-bond acceptors (Lipinski definition) is 3. The Balaban J connectivity index is 1.92. The summed E-state index contributed by atoms with van der Waals surface area (Å²) in [5, 5.41) is 12.9. The van der Waals surface area contributed by atoms with Crippen molar-refractivity contribution in [1.29, 1.82) is 0 Å². The van der Waals surface area contributed by atoms with Crippen molar-refractivity contribution in [1.82, 2.24) is 14.7 Å². The monoisotopic (exact) mass is 223 g/mol. The molecule has 1 fully saturated rings. The summed E-state index contributed by atoms with van der Waals surface area (Å²) < 4.78 is 1.89. The number of carbonyl (C=O) groups is 1. The second kappa shape index (κ2) is 4.25. The highest BCUT2D eigenvalue weighted by molar-refractivity contribution is 5.69. The SMILES string of the molecule is CC(C)N1CC(n2cc(CC(=O)O)cn2)C1. The molecule has 0 unspecified atom stereocenters. The highest BCUT2D eigenvalue weighted by atomic mass is 16.4. The van der Waals surface area contributed by atoms with Crippen LogP contribution in [0.15, 0.2) is 12.4 Å². The van der Waals surface area contributed by atoms with Crippen LogP contribution in [0.3, 0.4) is 0 Å². The van der Waals surface area contributed by atoms with Crippen LogP contribution in [-0.2, 0) is 11.2 Å². The van der Waals surface area contributed by atoms with E-state index >= 15 is 0 Å². The van der Waals surface area contributed by atoms with Crippen molar-refractivity contribution < 1.29 is 9.90 Å². The van der Waals surface area contributed by atoms with Crippen molar-refractivity contribution in [2.75, 3.05) is 13.1 Å². The number of carboxylic acid groups (broad SMARTS) is 1. The van der Waals surface area contributed by atoms with E-state index < -0.39 is 5.97 Å². The molecular formula is C11H17N3O2. The fourth-order valence-corrected chi connectivity index (χ4v) is 1.92. The Morgan fingerprint density at radius 2 is 2.31 bits per heavy atom. The maximum atomic E-state index is 10.5. The van der Waals surface area contributed by atoms with Crippen molar-refractivity contribution >= 4 is 5.97 Å². The minimum Gasteiger partial charge on any atom is -0.481 e. The van der Waals surface area contributed by atoms with Gasteiger partial charge in [0.15, 0.2) is 0 Å². The number of nitrogens with zero attached hydrogens (tertiary/aromatic N) is 3. The molecule has 0 amide bonds. The van der Waals surface area contributed by atoms with E-state index in [1.165, 1.54) is 0 Å². The molecule has 1 aliphatic rings. The van der Waals surface area contributed by atoms with Crippen molar-refractivity contribution in [2.24, 2.45) is 0 Å². The molecule has 16 heavy (non-hydrogen) atoms. The summed E-state index contributed by atoms with van der Waals surface area (Å²) in [4.78, 5) is 12.9. The minimum absolute atomic E-state index is 0.0562. The zero-order valence-electron chi connectivity index (χ0n) is 9.63. The van der Waals surface area contributed by atoms with Crippen LogP contribution in [-0.4, -0.2) is 44.9 Å². The molecule has 5 nitrogen and oxygen atoms in total. The van der Waals surface area contributed by atoms with E-state index in [4.69, 9.17) is 5.11 Å². The second-order valence-electron chi connectivity index (χ2n) is 4.60. The first-order chi connectivity index (χ1) is 7.56. The van der Waals surface area contributed by atoms with E-state index in [-0.39, 0.29) is 6.42 Å². The molecule has 1 saturated heterocycles. The number of hydrogen-bond donors (Lipinski definition) is 1. The van der Waals surface area contributed by atoms with Gasteiger partial charge in [0.25, 0.3) is 0 Å². The van der Waals surface area contributed by atoms with Gasteiger partial charge in [-0.15, -0.1) is 0 Å². The Morgan fingerprint density at radius 1 is 1.62 bits per heavy atom. The van der Waals surface area contributed by atoms with Gasteiger partial charge in [0.1, 0.15) is 0 Å². The number of carboxylic acids is 1. The molecule has 1 aromatic heterocycles. The van der Waals surface area contributed by atoms with Crippen molar-refractivity contribution in [3.8, 4) is 0 Å². The third kappa shape index (κ3) is 2.24. The van der Waals surface area contributed by atoms with Gasteiger partial charge in [-0.1, -0.05) is 0 Å². The molecule has 1 N–H and O–H groups in total. The third-order valence-electron chi connectivity index (χ3n) is 3.01. The Labute approximate surface area is 94.7 Å². The molecule has 0 radical (unpaired) electrons. The van der Waals surface area contributed by atoms with E-state index in [1.54, 1.807) is 6.20 Å². The van der Waals surface area contributed by atoms with E-state index in [0.717, 1.165) is 18.7 Å². The predicted molar refractivity (Wildman–Crippen MR) is 59.3 cm³/mol. The highest BCUT2D eigenvalue weighted by Crippen LogP contribution is 2.22. The summed E-state index contributed by atoms with van der Waals surface area (Å²) in [6.45, 7) is 6.36. The van der Waals surface area contributed by atoms with Gasteiger partial charge in [0.2, 0.25) is 0 Å². The van der Waals surface area contributed by atoms with Crippen LogP contribution in [0.2, 0.25) is 0 Å². The molecule has 0 bridgehead atoms. The zero-order valence-corrected chi connectivity index (χ0v) is 9.63. The zero-order chi connectivity index (χ0) is 11.7. The lowest BCUT2D eigenvalue weighted by molar-refractivity contribution is -0.136. The number of aromatic nitrogens is 2. The maximum Gasteiger partial charge on any atom is 0.307 e. The first-order valence-corrected chi connectivity index (χ1v) is 5.55. The third-order valence-corrected chi connectivity index (χ3v) is 3.01. The average Bonchev–Trinajstić information content (AvgIpc) is 2.48.